The second-order valence-electron chi connectivity index (χ2n) is 5.08. The Bertz CT molecular complexity index is 671. The summed E-state index contributed by atoms with van der Waals surface area (Å²) in [6, 6.07) is 3.82. The molecule has 20 heavy (non-hydrogen) atoms. The second-order valence-corrected chi connectivity index (χ2v) is 6.08. The van der Waals surface area contributed by atoms with E-state index in [1.54, 1.807) is 23.6 Å². The van der Waals surface area contributed by atoms with Crippen molar-refractivity contribution in [1.82, 2.24) is 9.88 Å². The summed E-state index contributed by atoms with van der Waals surface area (Å²) in [5, 5.41) is 2.08. The quantitative estimate of drug-likeness (QED) is 0.864. The number of fused-ring (bicyclic) bond motifs is 1. The lowest BCUT2D eigenvalue weighted by molar-refractivity contribution is 0.0674. The van der Waals surface area contributed by atoms with Gasteiger partial charge in [-0.1, -0.05) is 0 Å². The van der Waals surface area contributed by atoms with Gasteiger partial charge in [-0.15, -0.1) is 11.3 Å². The highest BCUT2D eigenvalue weighted by molar-refractivity contribution is 7.10. The van der Waals surface area contributed by atoms with Gasteiger partial charge in [0.25, 0.3) is 5.91 Å². The number of aromatic amines is 1. The molecule has 5 heteroatoms. The lowest BCUT2D eigenvalue weighted by atomic mass is 10.0. The number of amides is 1. The summed E-state index contributed by atoms with van der Waals surface area (Å²) in [4.78, 5) is 30.0. The number of Topliss-reactive ketones (excluding diaryl/α,β-unsaturated/α-hetero) is 1. The van der Waals surface area contributed by atoms with E-state index in [0.29, 0.717) is 11.3 Å². The van der Waals surface area contributed by atoms with Crippen LogP contribution in [0.3, 0.4) is 0 Å². The number of nitrogens with zero attached hydrogens (tertiary/aromatic N) is 1. The standard InChI is InChI=1S/C15H16N2O2S/c1-9-12-4-6-20-14(12)3-5-17(9)15(19)13-7-11(8-16-13)10(2)18/h4,6-9,16H,3,5H2,1-2H3/t9-/m0/s1. The van der Waals surface area contributed by atoms with Crippen LogP contribution in [0.2, 0.25) is 0 Å². The van der Waals surface area contributed by atoms with Crippen molar-refractivity contribution in [1.29, 1.82) is 0 Å². The van der Waals surface area contributed by atoms with Gasteiger partial charge in [0.2, 0.25) is 0 Å². The third kappa shape index (κ3) is 2.08. The number of nitrogens with one attached hydrogen (secondary N) is 1. The van der Waals surface area contributed by atoms with Crippen LogP contribution in [0.15, 0.2) is 23.7 Å². The van der Waals surface area contributed by atoms with Crippen LogP contribution in [0.5, 0.6) is 0 Å². The third-order valence-electron chi connectivity index (χ3n) is 3.86. The molecule has 1 aliphatic rings. The Morgan fingerprint density at radius 1 is 1.45 bits per heavy atom. The van der Waals surface area contributed by atoms with E-state index in [1.807, 2.05) is 4.90 Å². The molecule has 0 radical (unpaired) electrons. The summed E-state index contributed by atoms with van der Waals surface area (Å²) in [6.45, 7) is 4.28. The Labute approximate surface area is 121 Å². The molecule has 3 heterocycles. The molecule has 0 fully saturated rings. The van der Waals surface area contributed by atoms with Gasteiger partial charge in [-0.25, -0.2) is 0 Å². The van der Waals surface area contributed by atoms with Gasteiger partial charge in [0.15, 0.2) is 5.78 Å². The Balaban J connectivity index is 1.86. The molecule has 0 bridgehead atoms. The molecular formula is C15H16N2O2S. The molecular weight excluding hydrogens is 272 g/mol. The Morgan fingerprint density at radius 3 is 2.95 bits per heavy atom. The van der Waals surface area contributed by atoms with Crippen molar-refractivity contribution in [3.63, 3.8) is 0 Å². The van der Waals surface area contributed by atoms with Crippen molar-refractivity contribution in [2.75, 3.05) is 6.54 Å². The summed E-state index contributed by atoms with van der Waals surface area (Å²) >= 11 is 1.76. The van der Waals surface area contributed by atoms with Gasteiger partial charge in [0.1, 0.15) is 5.69 Å². The van der Waals surface area contributed by atoms with Crippen LogP contribution in [-0.2, 0) is 6.42 Å². The second kappa shape index (κ2) is 4.90. The van der Waals surface area contributed by atoms with E-state index in [1.165, 1.54) is 17.4 Å². The first-order chi connectivity index (χ1) is 9.58. The van der Waals surface area contributed by atoms with Crippen LogP contribution < -0.4 is 0 Å². The Hall–Kier alpha value is -1.88. The van der Waals surface area contributed by atoms with Gasteiger partial charge in [0.05, 0.1) is 6.04 Å². The highest BCUT2D eigenvalue weighted by atomic mass is 32.1. The molecule has 0 saturated heterocycles. The van der Waals surface area contributed by atoms with E-state index in [-0.39, 0.29) is 17.7 Å². The summed E-state index contributed by atoms with van der Waals surface area (Å²) in [7, 11) is 0. The fourth-order valence-corrected chi connectivity index (χ4v) is 3.63. The summed E-state index contributed by atoms with van der Waals surface area (Å²) < 4.78 is 0. The molecule has 0 spiro atoms. The van der Waals surface area contributed by atoms with E-state index in [9.17, 15) is 9.59 Å². The van der Waals surface area contributed by atoms with E-state index >= 15 is 0 Å². The molecule has 1 atom stereocenters. The number of hydrogen-bond donors (Lipinski definition) is 1. The molecule has 0 unspecified atom stereocenters. The summed E-state index contributed by atoms with van der Waals surface area (Å²) in [6.07, 6.45) is 2.50. The SMILES string of the molecule is CC(=O)c1c[nH]c(C(=O)N2CCc3sccc3[C@@H]2C)c1. The molecule has 1 aliphatic heterocycles. The molecule has 0 aliphatic carbocycles. The lowest BCUT2D eigenvalue weighted by Crippen LogP contribution is -2.38. The largest absolute Gasteiger partial charge is 0.356 e. The molecule has 104 valence electrons. The molecule has 0 aromatic carbocycles. The molecule has 0 saturated carbocycles. The Morgan fingerprint density at radius 2 is 2.25 bits per heavy atom. The van der Waals surface area contributed by atoms with Crippen LogP contribution in [0.1, 0.15) is 51.2 Å². The van der Waals surface area contributed by atoms with E-state index in [2.05, 4.69) is 23.4 Å². The van der Waals surface area contributed by atoms with Crippen LogP contribution in [0, 0.1) is 0 Å². The van der Waals surface area contributed by atoms with Crippen molar-refractivity contribution in [3.8, 4) is 0 Å². The molecule has 1 N–H and O–H groups in total. The number of carbonyl (C=O) groups is 2. The van der Waals surface area contributed by atoms with Gasteiger partial charge < -0.3 is 9.88 Å². The molecule has 1 amide bonds. The highest BCUT2D eigenvalue weighted by Gasteiger charge is 2.29. The van der Waals surface area contributed by atoms with Crippen molar-refractivity contribution in [3.05, 3.63) is 45.4 Å². The average Bonchev–Trinajstić information content (AvgIpc) is 3.08. The average molecular weight is 288 g/mol. The first kappa shape index (κ1) is 13.1. The maximum absolute atomic E-state index is 12.6. The zero-order valence-electron chi connectivity index (χ0n) is 11.5. The monoisotopic (exact) mass is 288 g/mol. The maximum atomic E-state index is 12.6. The first-order valence-electron chi connectivity index (χ1n) is 6.64. The minimum atomic E-state index is -0.0400. The van der Waals surface area contributed by atoms with Crippen LogP contribution in [0.4, 0.5) is 0 Å². The minimum Gasteiger partial charge on any atom is -0.356 e. The molecule has 4 nitrogen and oxygen atoms in total. The smallest absolute Gasteiger partial charge is 0.270 e. The number of hydrogen-bond acceptors (Lipinski definition) is 3. The predicted octanol–water partition coefficient (Wildman–Crippen LogP) is 3.04. The summed E-state index contributed by atoms with van der Waals surface area (Å²) in [5.41, 5.74) is 2.28. The summed E-state index contributed by atoms with van der Waals surface area (Å²) in [5.74, 6) is -0.0750. The van der Waals surface area contributed by atoms with E-state index in [0.717, 1.165) is 13.0 Å². The van der Waals surface area contributed by atoms with Crippen molar-refractivity contribution < 1.29 is 9.59 Å². The normalized spacial score (nSPS) is 17.9. The maximum Gasteiger partial charge on any atom is 0.270 e. The van der Waals surface area contributed by atoms with Gasteiger partial charge in [0, 0.05) is 23.2 Å². The molecule has 2 aromatic rings. The lowest BCUT2D eigenvalue weighted by Gasteiger charge is -2.33. The highest BCUT2D eigenvalue weighted by Crippen LogP contribution is 2.33. The van der Waals surface area contributed by atoms with Crippen molar-refractivity contribution in [2.24, 2.45) is 0 Å². The molecule has 2 aromatic heterocycles. The van der Waals surface area contributed by atoms with Crippen molar-refractivity contribution in [2.45, 2.75) is 26.3 Å². The van der Waals surface area contributed by atoms with Gasteiger partial charge in [-0.2, -0.15) is 0 Å². The fraction of sp³-hybridized carbons (Fsp3) is 0.333. The van der Waals surface area contributed by atoms with Crippen LogP contribution in [0.25, 0.3) is 0 Å². The topological polar surface area (TPSA) is 53.2 Å². The minimum absolute atomic E-state index is 0.0351. The van der Waals surface area contributed by atoms with Gasteiger partial charge >= 0.3 is 0 Å². The Kier molecular flexibility index (Phi) is 3.22. The number of rotatable bonds is 2. The van der Waals surface area contributed by atoms with E-state index in [4.69, 9.17) is 0 Å². The third-order valence-corrected chi connectivity index (χ3v) is 4.85. The first-order valence-corrected chi connectivity index (χ1v) is 7.52. The zero-order valence-corrected chi connectivity index (χ0v) is 12.3. The van der Waals surface area contributed by atoms with Gasteiger partial charge in [-0.3, -0.25) is 9.59 Å². The van der Waals surface area contributed by atoms with Crippen molar-refractivity contribution >= 4 is 23.0 Å². The number of H-pyrrole nitrogens is 1. The number of carbonyl (C=O) groups excluding carboxylic acids is 2. The number of thiophene rings is 1. The number of aromatic nitrogens is 1. The van der Waals surface area contributed by atoms with Gasteiger partial charge in [-0.05, 0) is 43.3 Å². The fourth-order valence-electron chi connectivity index (χ4n) is 2.66. The van der Waals surface area contributed by atoms with Crippen LogP contribution >= 0.6 is 11.3 Å². The number of ketones is 1. The van der Waals surface area contributed by atoms with Crippen LogP contribution in [-0.4, -0.2) is 28.1 Å². The van der Waals surface area contributed by atoms with E-state index < -0.39 is 0 Å². The zero-order chi connectivity index (χ0) is 14.3. The predicted molar refractivity (Wildman–Crippen MR) is 78.3 cm³/mol. The molecule has 3 rings (SSSR count).